The Kier molecular flexibility index (Phi) is 8.21. The molecule has 3 N–H and O–H groups in total. The Hall–Kier alpha value is -4.36. The number of fused-ring (bicyclic) bond motifs is 2. The number of carboxylic acid groups (broad SMARTS) is 1. The van der Waals surface area contributed by atoms with Crippen LogP contribution in [0.3, 0.4) is 0 Å². The van der Waals surface area contributed by atoms with E-state index in [0.29, 0.717) is 28.2 Å². The molecular formula is C33H33N3O7S2. The fraction of sp³-hybridized carbons (Fsp3) is 0.212. The van der Waals surface area contributed by atoms with E-state index >= 15 is 0 Å². The van der Waals surface area contributed by atoms with Gasteiger partial charge >= 0.3 is 5.97 Å². The van der Waals surface area contributed by atoms with Crippen LogP contribution in [0.4, 0.5) is 17.1 Å². The SMILES string of the molecule is CC1(C)C(C=CC=CC=C2N(c3ccccc3)c3ccccc3C2(C)CS(=O)(=O)[O-])=[N+](CC(=O)O)c2ccc(S(N)(=O)=O)cc21. The van der Waals surface area contributed by atoms with Gasteiger partial charge in [-0.1, -0.05) is 54.6 Å². The molecule has 0 saturated heterocycles. The first-order valence-corrected chi connectivity index (χ1v) is 17.1. The van der Waals surface area contributed by atoms with Gasteiger partial charge in [-0.05, 0) is 62.7 Å². The number of primary sulfonamides is 1. The lowest BCUT2D eigenvalue weighted by Gasteiger charge is -2.31. The van der Waals surface area contributed by atoms with Gasteiger partial charge in [-0.25, -0.2) is 26.8 Å². The molecular weight excluding hydrogens is 615 g/mol. The Morgan fingerprint density at radius 3 is 2.24 bits per heavy atom. The standard InChI is InChI=1S/C33H33N3O7S2/c1-32(2)26-20-24(45(34,42)43)18-19-27(26)35(21-31(37)38)29(32)16-8-5-9-17-30-33(3,22-44(39,40)41)25-14-10-11-15-28(25)36(30)23-12-6-4-7-13-23/h4-20H,21-22H2,1-3H3,(H3-,34,37,38,39,40,41,42,43). The first-order chi connectivity index (χ1) is 21.0. The lowest BCUT2D eigenvalue weighted by molar-refractivity contribution is -0.428. The van der Waals surface area contributed by atoms with Crippen molar-refractivity contribution in [2.24, 2.45) is 5.14 Å². The Bertz CT molecular complexity index is 2030. The first kappa shape index (κ1) is 32.0. The maximum Gasteiger partial charge on any atom is 0.370 e. The molecule has 3 aromatic rings. The van der Waals surface area contributed by atoms with Crippen molar-refractivity contribution in [2.75, 3.05) is 17.2 Å². The highest BCUT2D eigenvalue weighted by molar-refractivity contribution is 7.89. The van der Waals surface area contributed by atoms with Crippen LogP contribution in [0.1, 0.15) is 31.9 Å². The number of allylic oxidation sites excluding steroid dienone is 6. The van der Waals surface area contributed by atoms with Crippen LogP contribution in [0.25, 0.3) is 0 Å². The van der Waals surface area contributed by atoms with Gasteiger partial charge in [-0.15, -0.1) is 0 Å². The summed E-state index contributed by atoms with van der Waals surface area (Å²) < 4.78 is 62.1. The van der Waals surface area contributed by atoms with E-state index in [0.717, 1.165) is 11.4 Å². The van der Waals surface area contributed by atoms with Crippen LogP contribution in [0, 0.1) is 0 Å². The van der Waals surface area contributed by atoms with Crippen molar-refractivity contribution in [3.05, 3.63) is 120 Å². The molecule has 234 valence electrons. The van der Waals surface area contributed by atoms with E-state index in [-0.39, 0.29) is 11.4 Å². The third kappa shape index (κ3) is 6.14. The number of carbonyl (C=O) groups is 1. The second-order valence-corrected chi connectivity index (χ2v) is 14.7. The average Bonchev–Trinajstić information content (AvgIpc) is 3.31. The highest BCUT2D eigenvalue weighted by Crippen LogP contribution is 2.51. The van der Waals surface area contributed by atoms with Crippen molar-refractivity contribution < 1.29 is 35.9 Å². The summed E-state index contributed by atoms with van der Waals surface area (Å²) in [7, 11) is -8.59. The molecule has 1 unspecified atom stereocenters. The second kappa shape index (κ2) is 11.5. The van der Waals surface area contributed by atoms with Crippen LogP contribution < -0.4 is 10.0 Å². The number of carboxylic acids is 1. The third-order valence-electron chi connectivity index (χ3n) is 8.24. The van der Waals surface area contributed by atoms with Gasteiger partial charge in [0.2, 0.25) is 22.3 Å². The number of rotatable bonds is 9. The summed E-state index contributed by atoms with van der Waals surface area (Å²) in [4.78, 5) is 13.7. The highest BCUT2D eigenvalue weighted by Gasteiger charge is 2.46. The van der Waals surface area contributed by atoms with Crippen LogP contribution in [0.15, 0.2) is 114 Å². The van der Waals surface area contributed by atoms with Gasteiger partial charge in [0, 0.05) is 34.5 Å². The molecule has 0 amide bonds. The molecule has 0 spiro atoms. The van der Waals surface area contributed by atoms with E-state index in [1.807, 2.05) is 73.3 Å². The summed E-state index contributed by atoms with van der Waals surface area (Å²) in [6.07, 6.45) is 8.72. The summed E-state index contributed by atoms with van der Waals surface area (Å²) in [5.74, 6) is -1.69. The topological polar surface area (TPSA) is 161 Å². The van der Waals surface area contributed by atoms with Crippen LogP contribution in [-0.4, -0.2) is 55.0 Å². The summed E-state index contributed by atoms with van der Waals surface area (Å²) in [5.41, 5.74) is 2.82. The molecule has 0 fully saturated rings. The molecule has 0 saturated carbocycles. The van der Waals surface area contributed by atoms with Crippen molar-refractivity contribution >= 4 is 48.9 Å². The Labute approximate surface area is 262 Å². The van der Waals surface area contributed by atoms with E-state index in [2.05, 4.69) is 0 Å². The fourth-order valence-electron chi connectivity index (χ4n) is 6.26. The number of sulfonamides is 1. The van der Waals surface area contributed by atoms with Crippen molar-refractivity contribution in [3.63, 3.8) is 0 Å². The lowest BCUT2D eigenvalue weighted by atomic mass is 9.81. The molecule has 2 heterocycles. The third-order valence-corrected chi connectivity index (χ3v) is 10.1. The molecule has 5 rings (SSSR count). The number of anilines is 2. The minimum Gasteiger partial charge on any atom is -0.748 e. The Balaban J connectivity index is 1.56. The minimum atomic E-state index is -4.62. The fourth-order valence-corrected chi connectivity index (χ4v) is 7.81. The van der Waals surface area contributed by atoms with Gasteiger partial charge in [-0.3, -0.25) is 0 Å². The lowest BCUT2D eigenvalue weighted by Crippen LogP contribution is -2.33. The largest absolute Gasteiger partial charge is 0.748 e. The van der Waals surface area contributed by atoms with E-state index in [1.54, 1.807) is 47.9 Å². The number of nitrogens with zero attached hydrogens (tertiary/aromatic N) is 2. The molecule has 1 atom stereocenters. The van der Waals surface area contributed by atoms with Gasteiger partial charge in [0.25, 0.3) is 0 Å². The maximum atomic E-state index is 12.1. The van der Waals surface area contributed by atoms with Gasteiger partial charge < -0.3 is 14.6 Å². The van der Waals surface area contributed by atoms with Crippen molar-refractivity contribution in [1.82, 2.24) is 0 Å². The van der Waals surface area contributed by atoms with Gasteiger partial charge in [0.1, 0.15) is 0 Å². The first-order valence-electron chi connectivity index (χ1n) is 14.0. The predicted octanol–water partition coefficient (Wildman–Crippen LogP) is 4.45. The zero-order valence-corrected chi connectivity index (χ0v) is 26.5. The van der Waals surface area contributed by atoms with Crippen LogP contribution in [0.2, 0.25) is 0 Å². The number of hydrogen-bond donors (Lipinski definition) is 2. The molecule has 2 aliphatic heterocycles. The highest BCUT2D eigenvalue weighted by atomic mass is 32.2. The van der Waals surface area contributed by atoms with Gasteiger partial charge in [0.05, 0.1) is 31.9 Å². The second-order valence-electron chi connectivity index (χ2n) is 11.7. The van der Waals surface area contributed by atoms with E-state index in [4.69, 9.17) is 5.14 Å². The minimum absolute atomic E-state index is 0.0648. The molecule has 3 aromatic carbocycles. The molecule has 0 bridgehead atoms. The van der Waals surface area contributed by atoms with E-state index in [1.165, 1.54) is 12.1 Å². The quantitative estimate of drug-likeness (QED) is 0.196. The molecule has 0 aliphatic carbocycles. The van der Waals surface area contributed by atoms with Crippen molar-refractivity contribution in [3.8, 4) is 0 Å². The predicted molar refractivity (Wildman–Crippen MR) is 172 cm³/mol. The molecule has 12 heteroatoms. The summed E-state index contributed by atoms with van der Waals surface area (Å²) >= 11 is 0. The molecule has 10 nitrogen and oxygen atoms in total. The van der Waals surface area contributed by atoms with Crippen LogP contribution in [-0.2, 0) is 35.8 Å². The molecule has 2 aliphatic rings. The molecule has 0 radical (unpaired) electrons. The zero-order chi connectivity index (χ0) is 32.8. The Morgan fingerprint density at radius 2 is 1.60 bits per heavy atom. The molecule has 0 aromatic heterocycles. The molecule has 45 heavy (non-hydrogen) atoms. The number of nitrogens with two attached hydrogens (primary N) is 1. The Morgan fingerprint density at radius 1 is 0.933 bits per heavy atom. The summed E-state index contributed by atoms with van der Waals surface area (Å²) in [6, 6.07) is 21.2. The number of para-hydroxylation sites is 2. The zero-order valence-electron chi connectivity index (χ0n) is 24.9. The van der Waals surface area contributed by atoms with Crippen molar-refractivity contribution in [1.29, 1.82) is 0 Å². The van der Waals surface area contributed by atoms with Crippen molar-refractivity contribution in [2.45, 2.75) is 36.5 Å². The maximum absolute atomic E-state index is 12.1. The van der Waals surface area contributed by atoms with Gasteiger partial charge in [-0.2, -0.15) is 4.58 Å². The number of hydrogen-bond acceptors (Lipinski definition) is 7. The van der Waals surface area contributed by atoms with Crippen LogP contribution in [0.5, 0.6) is 0 Å². The van der Waals surface area contributed by atoms with E-state index < -0.39 is 42.7 Å². The summed E-state index contributed by atoms with van der Waals surface area (Å²) in [5, 5.41) is 15.0. The normalized spacial score (nSPS) is 20.4. The smallest absolute Gasteiger partial charge is 0.370 e. The monoisotopic (exact) mass is 647 g/mol. The average molecular weight is 648 g/mol. The summed E-state index contributed by atoms with van der Waals surface area (Å²) in [6.45, 7) is 5.14. The van der Waals surface area contributed by atoms with Crippen LogP contribution >= 0.6 is 0 Å². The number of aliphatic carboxylic acids is 1. The van der Waals surface area contributed by atoms with E-state index in [9.17, 15) is 31.3 Å². The van der Waals surface area contributed by atoms with Gasteiger partial charge in [0.15, 0.2) is 5.71 Å². The number of benzene rings is 3.